The first-order chi connectivity index (χ1) is 4.43. The number of benzene rings is 1. The van der Waals surface area contributed by atoms with Crippen LogP contribution in [0.2, 0.25) is 0 Å². The first-order valence-corrected chi connectivity index (χ1v) is 4.82. The number of rotatable bonds is 2. The zero-order valence-corrected chi connectivity index (χ0v) is 6.59. The van der Waals surface area contributed by atoms with E-state index in [2.05, 4.69) is 37.0 Å². The summed E-state index contributed by atoms with van der Waals surface area (Å²) in [6.45, 7) is 2.23. The molecule has 0 heterocycles. The van der Waals surface area contributed by atoms with Gasteiger partial charge in [-0.25, -0.2) is 0 Å². The van der Waals surface area contributed by atoms with E-state index in [0.717, 1.165) is 8.58 Å². The van der Waals surface area contributed by atoms with Crippen LogP contribution in [0.4, 0.5) is 0 Å². The molecule has 0 fully saturated rings. The van der Waals surface area contributed by atoms with Crippen molar-refractivity contribution in [2.45, 2.75) is 6.16 Å². The molecule has 0 saturated heterocycles. The highest BCUT2D eigenvalue weighted by molar-refractivity contribution is 7.36. The Labute approximate surface area is 58.1 Å². The van der Waals surface area contributed by atoms with Crippen LogP contribution in [0.25, 0.3) is 0 Å². The lowest BCUT2D eigenvalue weighted by Crippen LogP contribution is -1.73. The molecule has 0 saturated carbocycles. The maximum absolute atomic E-state index is 2.23. The Kier molecular flexibility index (Phi) is 2.73. The summed E-state index contributed by atoms with van der Waals surface area (Å²) in [5.74, 6) is 0. The lowest BCUT2D eigenvalue weighted by atomic mass is 10.2. The second kappa shape index (κ2) is 3.63. The van der Waals surface area contributed by atoms with Gasteiger partial charge in [-0.3, -0.25) is 0 Å². The van der Waals surface area contributed by atoms with Crippen molar-refractivity contribution < 1.29 is 0 Å². The Balaban J connectivity index is 2.61. The van der Waals surface area contributed by atoms with Crippen LogP contribution in [0.1, 0.15) is 5.56 Å². The summed E-state index contributed by atoms with van der Waals surface area (Å²) < 4.78 is 0. The first kappa shape index (κ1) is 6.77. The number of hydrogen-bond donors (Lipinski definition) is 0. The van der Waals surface area contributed by atoms with Crippen molar-refractivity contribution in [3.05, 3.63) is 35.9 Å². The molecule has 0 aliphatic rings. The van der Waals surface area contributed by atoms with Crippen LogP contribution >= 0.6 is 8.58 Å². The van der Waals surface area contributed by atoms with Gasteiger partial charge in [0.2, 0.25) is 0 Å². The molecule has 0 aliphatic carbocycles. The van der Waals surface area contributed by atoms with Crippen molar-refractivity contribution in [1.82, 2.24) is 0 Å². The molecule has 0 aromatic heterocycles. The topological polar surface area (TPSA) is 0 Å². The predicted octanol–water partition coefficient (Wildman–Crippen LogP) is 2.49. The zero-order chi connectivity index (χ0) is 6.53. The van der Waals surface area contributed by atoms with Gasteiger partial charge >= 0.3 is 0 Å². The fourth-order valence-corrected chi connectivity index (χ4v) is 1.44. The fraction of sp³-hybridized carbons (Fsp3) is 0.250. The Morgan fingerprint density at radius 2 is 1.89 bits per heavy atom. The predicted molar refractivity (Wildman–Crippen MR) is 44.4 cm³/mol. The summed E-state index contributed by atoms with van der Waals surface area (Å²) in [5.41, 5.74) is 1.46. The van der Waals surface area contributed by atoms with Gasteiger partial charge in [0.25, 0.3) is 0 Å². The van der Waals surface area contributed by atoms with E-state index < -0.39 is 0 Å². The fourth-order valence-electron chi connectivity index (χ4n) is 0.800. The third kappa shape index (κ3) is 2.15. The molecule has 1 aromatic rings. The smallest absolute Gasteiger partial charge is 0.0103 e. The summed E-state index contributed by atoms with van der Waals surface area (Å²) in [7, 11) is 1.04. The van der Waals surface area contributed by atoms with E-state index in [-0.39, 0.29) is 0 Å². The van der Waals surface area contributed by atoms with E-state index in [9.17, 15) is 0 Å². The highest BCUT2D eigenvalue weighted by Gasteiger charge is 1.84. The van der Waals surface area contributed by atoms with Crippen LogP contribution in [-0.4, -0.2) is 6.66 Å². The van der Waals surface area contributed by atoms with E-state index in [1.54, 1.807) is 0 Å². The molecule has 1 heteroatoms. The van der Waals surface area contributed by atoms with E-state index in [4.69, 9.17) is 0 Å². The lowest BCUT2D eigenvalue weighted by Gasteiger charge is -1.94. The molecule has 1 aromatic carbocycles. The van der Waals surface area contributed by atoms with Crippen LogP contribution in [0.3, 0.4) is 0 Å². The van der Waals surface area contributed by atoms with Gasteiger partial charge in [-0.1, -0.05) is 30.3 Å². The SMILES string of the molecule is CPCc1ccccc1. The van der Waals surface area contributed by atoms with Crippen molar-refractivity contribution in [2.75, 3.05) is 6.66 Å². The van der Waals surface area contributed by atoms with E-state index in [0.29, 0.717) is 0 Å². The van der Waals surface area contributed by atoms with Gasteiger partial charge in [0.15, 0.2) is 0 Å². The summed E-state index contributed by atoms with van der Waals surface area (Å²) in [6.07, 6.45) is 1.24. The van der Waals surface area contributed by atoms with Crippen LogP contribution < -0.4 is 0 Å². The maximum atomic E-state index is 2.23. The molecule has 0 N–H and O–H groups in total. The highest BCUT2D eigenvalue weighted by atomic mass is 31.1. The molecule has 48 valence electrons. The first-order valence-electron chi connectivity index (χ1n) is 3.12. The maximum Gasteiger partial charge on any atom is -0.0103 e. The number of hydrogen-bond acceptors (Lipinski definition) is 0. The molecule has 0 nitrogen and oxygen atoms in total. The summed E-state index contributed by atoms with van der Waals surface area (Å²) in [4.78, 5) is 0. The molecule has 0 bridgehead atoms. The van der Waals surface area contributed by atoms with Gasteiger partial charge in [0.1, 0.15) is 0 Å². The third-order valence-corrected chi connectivity index (χ3v) is 1.99. The van der Waals surface area contributed by atoms with E-state index in [1.165, 1.54) is 11.7 Å². The molecule has 9 heavy (non-hydrogen) atoms. The summed E-state index contributed by atoms with van der Waals surface area (Å²) >= 11 is 0. The standard InChI is InChI=1S/C8H11P/c1-9-7-8-5-3-2-4-6-8/h2-6,9H,7H2,1H3. The Morgan fingerprint density at radius 1 is 1.22 bits per heavy atom. The largest absolute Gasteiger partial charge is 0.121 e. The van der Waals surface area contributed by atoms with Crippen LogP contribution in [0, 0.1) is 0 Å². The molecular weight excluding hydrogens is 127 g/mol. The molecule has 0 aliphatic heterocycles. The average Bonchev–Trinajstić information content (AvgIpc) is 1.91. The van der Waals surface area contributed by atoms with Crippen molar-refractivity contribution >= 4 is 8.58 Å². The van der Waals surface area contributed by atoms with Gasteiger partial charge in [-0.15, -0.1) is 8.58 Å². The third-order valence-electron chi connectivity index (χ3n) is 1.22. The molecule has 1 unspecified atom stereocenters. The van der Waals surface area contributed by atoms with Crippen LogP contribution in [0.15, 0.2) is 30.3 Å². The Morgan fingerprint density at radius 3 is 2.44 bits per heavy atom. The normalized spacial score (nSPS) is 10.8. The van der Waals surface area contributed by atoms with Crippen LogP contribution in [0.5, 0.6) is 0 Å². The van der Waals surface area contributed by atoms with Gasteiger partial charge in [-0.05, 0) is 18.4 Å². The summed E-state index contributed by atoms with van der Waals surface area (Å²) in [5, 5.41) is 0. The highest BCUT2D eigenvalue weighted by Crippen LogP contribution is 2.12. The molecule has 0 amide bonds. The van der Waals surface area contributed by atoms with Gasteiger partial charge in [-0.2, -0.15) is 0 Å². The molecule has 0 spiro atoms. The molecule has 0 radical (unpaired) electrons. The van der Waals surface area contributed by atoms with Gasteiger partial charge in [0, 0.05) is 0 Å². The van der Waals surface area contributed by atoms with Gasteiger partial charge < -0.3 is 0 Å². The Hall–Kier alpha value is -0.350. The van der Waals surface area contributed by atoms with Crippen molar-refractivity contribution in [2.24, 2.45) is 0 Å². The van der Waals surface area contributed by atoms with E-state index >= 15 is 0 Å². The van der Waals surface area contributed by atoms with Crippen molar-refractivity contribution in [3.8, 4) is 0 Å². The summed E-state index contributed by atoms with van der Waals surface area (Å²) in [6, 6.07) is 10.6. The molecule has 1 atom stereocenters. The Bertz CT molecular complexity index is 157. The monoisotopic (exact) mass is 138 g/mol. The lowest BCUT2D eigenvalue weighted by molar-refractivity contribution is 1.41. The minimum atomic E-state index is 1.04. The van der Waals surface area contributed by atoms with Crippen molar-refractivity contribution in [3.63, 3.8) is 0 Å². The minimum Gasteiger partial charge on any atom is -0.121 e. The van der Waals surface area contributed by atoms with Crippen LogP contribution in [-0.2, 0) is 6.16 Å². The van der Waals surface area contributed by atoms with Gasteiger partial charge in [0.05, 0.1) is 0 Å². The van der Waals surface area contributed by atoms with Crippen molar-refractivity contribution in [1.29, 1.82) is 0 Å². The average molecular weight is 138 g/mol. The minimum absolute atomic E-state index is 1.04. The molecular formula is C8H11P. The zero-order valence-electron chi connectivity index (χ0n) is 5.59. The quantitative estimate of drug-likeness (QED) is 0.551. The van der Waals surface area contributed by atoms with E-state index in [1.807, 2.05) is 0 Å². The molecule has 1 rings (SSSR count). The second-order valence-corrected chi connectivity index (χ2v) is 3.08. The second-order valence-electron chi connectivity index (χ2n) is 2.02.